The standard InChI is InChI=1S/C10H15N3OS/c1-6-10(4-5-15-6)8(14)12-9(13-10)11-7-2-3-7/h6-7H,2-5H2,1H3,(H2,11,12,13,14). The van der Waals surface area contributed by atoms with E-state index in [9.17, 15) is 4.79 Å². The maximum atomic E-state index is 12.0. The first-order valence-corrected chi connectivity index (χ1v) is 6.55. The summed E-state index contributed by atoms with van der Waals surface area (Å²) in [6, 6.07) is 0.451. The van der Waals surface area contributed by atoms with Crippen LogP contribution >= 0.6 is 11.8 Å². The predicted octanol–water partition coefficient (Wildman–Crippen LogP) is 0.488. The van der Waals surface area contributed by atoms with Crippen LogP contribution in [0.3, 0.4) is 0 Å². The molecule has 0 aromatic rings. The minimum absolute atomic E-state index is 0.111. The number of carbonyl (C=O) groups excluding carboxylic acids is 1. The number of thioether (sulfide) groups is 1. The molecule has 3 aliphatic rings. The molecule has 82 valence electrons. The van der Waals surface area contributed by atoms with Crippen molar-refractivity contribution < 1.29 is 4.79 Å². The summed E-state index contributed by atoms with van der Waals surface area (Å²) in [5, 5.41) is 6.52. The van der Waals surface area contributed by atoms with Gasteiger partial charge in [0.25, 0.3) is 5.91 Å². The van der Waals surface area contributed by atoms with E-state index >= 15 is 0 Å². The summed E-state index contributed by atoms with van der Waals surface area (Å²) in [4.78, 5) is 16.4. The van der Waals surface area contributed by atoms with Crippen LogP contribution in [0, 0.1) is 0 Å². The zero-order valence-corrected chi connectivity index (χ0v) is 9.56. The quantitative estimate of drug-likeness (QED) is 0.683. The van der Waals surface area contributed by atoms with Gasteiger partial charge in [-0.15, -0.1) is 0 Å². The fraction of sp³-hybridized carbons (Fsp3) is 0.800. The molecule has 1 spiro atoms. The maximum absolute atomic E-state index is 12.0. The lowest BCUT2D eigenvalue weighted by molar-refractivity contribution is -0.123. The average Bonchev–Trinajstić information content (AvgIpc) is 2.84. The summed E-state index contributed by atoms with van der Waals surface area (Å²) in [5.41, 5.74) is -0.377. The Kier molecular flexibility index (Phi) is 1.99. The highest BCUT2D eigenvalue weighted by Crippen LogP contribution is 2.37. The summed E-state index contributed by atoms with van der Waals surface area (Å²) < 4.78 is 0. The average molecular weight is 225 g/mol. The fourth-order valence-electron chi connectivity index (χ4n) is 2.17. The van der Waals surface area contributed by atoms with Crippen LogP contribution in [0.1, 0.15) is 26.2 Å². The lowest BCUT2D eigenvalue weighted by Gasteiger charge is -2.24. The van der Waals surface area contributed by atoms with Crippen LogP contribution in [0.15, 0.2) is 4.99 Å². The molecule has 1 aliphatic carbocycles. The molecular formula is C10H15N3OS. The van der Waals surface area contributed by atoms with E-state index in [1.54, 1.807) is 0 Å². The lowest BCUT2D eigenvalue weighted by atomic mass is 9.93. The van der Waals surface area contributed by atoms with E-state index in [4.69, 9.17) is 0 Å². The van der Waals surface area contributed by atoms with Crippen molar-refractivity contribution in [2.75, 3.05) is 5.75 Å². The van der Waals surface area contributed by atoms with Crippen molar-refractivity contribution in [1.82, 2.24) is 10.6 Å². The third kappa shape index (κ3) is 1.44. The van der Waals surface area contributed by atoms with Crippen LogP contribution in [-0.2, 0) is 4.79 Å². The van der Waals surface area contributed by atoms with E-state index in [0.29, 0.717) is 17.3 Å². The van der Waals surface area contributed by atoms with Gasteiger partial charge in [0, 0.05) is 5.25 Å². The first-order valence-electron chi connectivity index (χ1n) is 5.50. The molecule has 2 saturated heterocycles. The largest absolute Gasteiger partial charge is 0.341 e. The van der Waals surface area contributed by atoms with E-state index in [1.165, 1.54) is 12.8 Å². The van der Waals surface area contributed by atoms with Crippen LogP contribution in [0.2, 0.25) is 0 Å². The minimum atomic E-state index is -0.377. The molecular weight excluding hydrogens is 210 g/mol. The molecule has 2 heterocycles. The minimum Gasteiger partial charge on any atom is -0.341 e. The number of rotatable bonds is 1. The van der Waals surface area contributed by atoms with Gasteiger partial charge in [0.1, 0.15) is 5.54 Å². The number of aliphatic imine (C=N–C) groups is 1. The van der Waals surface area contributed by atoms with E-state index in [1.807, 2.05) is 11.8 Å². The van der Waals surface area contributed by atoms with Crippen LogP contribution in [-0.4, -0.2) is 34.5 Å². The van der Waals surface area contributed by atoms with Gasteiger partial charge in [-0.25, -0.2) is 4.99 Å². The number of nitrogens with zero attached hydrogens (tertiary/aromatic N) is 1. The van der Waals surface area contributed by atoms with Gasteiger partial charge in [-0.3, -0.25) is 10.1 Å². The van der Waals surface area contributed by atoms with Gasteiger partial charge >= 0.3 is 0 Å². The number of guanidine groups is 1. The maximum Gasteiger partial charge on any atom is 0.253 e. The third-order valence-electron chi connectivity index (χ3n) is 3.40. The first kappa shape index (κ1) is 9.51. The molecule has 0 aromatic carbocycles. The molecule has 2 aliphatic heterocycles. The van der Waals surface area contributed by atoms with Crippen molar-refractivity contribution in [2.45, 2.75) is 43.0 Å². The van der Waals surface area contributed by atoms with E-state index in [0.717, 1.165) is 12.2 Å². The summed E-state index contributed by atoms with van der Waals surface area (Å²) in [5.74, 6) is 1.87. The van der Waals surface area contributed by atoms with Crippen molar-refractivity contribution in [2.24, 2.45) is 4.99 Å². The monoisotopic (exact) mass is 225 g/mol. The van der Waals surface area contributed by atoms with Gasteiger partial charge in [-0.1, -0.05) is 6.92 Å². The third-order valence-corrected chi connectivity index (χ3v) is 4.74. The fourth-order valence-corrected chi connectivity index (χ4v) is 3.54. The van der Waals surface area contributed by atoms with Crippen molar-refractivity contribution in [1.29, 1.82) is 0 Å². The van der Waals surface area contributed by atoms with Crippen molar-refractivity contribution in [3.63, 3.8) is 0 Å². The summed E-state index contributed by atoms with van der Waals surface area (Å²) >= 11 is 1.86. The van der Waals surface area contributed by atoms with Gasteiger partial charge in [0.2, 0.25) is 0 Å². The van der Waals surface area contributed by atoms with Crippen LogP contribution < -0.4 is 10.6 Å². The van der Waals surface area contributed by atoms with Crippen molar-refractivity contribution in [3.05, 3.63) is 0 Å². The van der Waals surface area contributed by atoms with Gasteiger partial charge in [0.15, 0.2) is 5.96 Å². The zero-order chi connectivity index (χ0) is 10.5. The molecule has 2 N–H and O–H groups in total. The van der Waals surface area contributed by atoms with E-state index in [-0.39, 0.29) is 11.4 Å². The Bertz CT molecular complexity index is 340. The molecule has 3 rings (SSSR count). The van der Waals surface area contributed by atoms with E-state index in [2.05, 4.69) is 22.5 Å². The Morgan fingerprint density at radius 1 is 1.53 bits per heavy atom. The molecule has 0 radical (unpaired) electrons. The Balaban J connectivity index is 1.83. The molecule has 15 heavy (non-hydrogen) atoms. The lowest BCUT2D eigenvalue weighted by Crippen LogP contribution is -2.51. The number of carbonyl (C=O) groups is 1. The van der Waals surface area contributed by atoms with Crippen LogP contribution in [0.4, 0.5) is 0 Å². The first-order chi connectivity index (χ1) is 7.21. The van der Waals surface area contributed by atoms with E-state index < -0.39 is 0 Å². The number of amides is 1. The molecule has 2 unspecified atom stereocenters. The van der Waals surface area contributed by atoms with Gasteiger partial charge < -0.3 is 5.32 Å². The summed E-state index contributed by atoms with van der Waals surface area (Å²) in [6.45, 7) is 2.12. The second kappa shape index (κ2) is 3.14. The van der Waals surface area contributed by atoms with Gasteiger partial charge in [0.05, 0.1) is 6.04 Å². The van der Waals surface area contributed by atoms with Crippen LogP contribution in [0.25, 0.3) is 0 Å². The van der Waals surface area contributed by atoms with Crippen molar-refractivity contribution >= 4 is 23.6 Å². The highest BCUT2D eigenvalue weighted by Gasteiger charge is 2.52. The highest BCUT2D eigenvalue weighted by molar-refractivity contribution is 8.00. The molecule has 5 heteroatoms. The second-order valence-corrected chi connectivity index (χ2v) is 5.97. The number of hydrogen-bond acceptors (Lipinski definition) is 3. The highest BCUT2D eigenvalue weighted by atomic mass is 32.2. The molecule has 3 fully saturated rings. The zero-order valence-electron chi connectivity index (χ0n) is 8.75. The smallest absolute Gasteiger partial charge is 0.253 e. The number of hydrogen-bond donors (Lipinski definition) is 2. The molecule has 0 aromatic heterocycles. The SMILES string of the molecule is CC1SCCC12NC(=NC1CC1)NC2=O. The second-order valence-electron chi connectivity index (χ2n) is 4.52. The van der Waals surface area contributed by atoms with Gasteiger partial charge in [-0.05, 0) is 25.0 Å². The number of nitrogens with one attached hydrogen (secondary N) is 2. The Labute approximate surface area is 93.3 Å². The molecule has 0 bridgehead atoms. The van der Waals surface area contributed by atoms with Crippen LogP contribution in [0.5, 0.6) is 0 Å². The Hall–Kier alpha value is -0.710. The molecule has 2 atom stereocenters. The molecule has 1 amide bonds. The molecule has 4 nitrogen and oxygen atoms in total. The summed E-state index contributed by atoms with van der Waals surface area (Å²) in [6.07, 6.45) is 3.24. The Morgan fingerprint density at radius 3 is 2.93 bits per heavy atom. The molecule has 1 saturated carbocycles. The Morgan fingerprint density at radius 2 is 2.33 bits per heavy atom. The topological polar surface area (TPSA) is 53.5 Å². The van der Waals surface area contributed by atoms with Crippen molar-refractivity contribution in [3.8, 4) is 0 Å². The predicted molar refractivity (Wildman–Crippen MR) is 61.0 cm³/mol. The van der Waals surface area contributed by atoms with Gasteiger partial charge in [-0.2, -0.15) is 11.8 Å². The summed E-state index contributed by atoms with van der Waals surface area (Å²) in [7, 11) is 0. The normalized spacial score (nSPS) is 42.3.